The van der Waals surface area contributed by atoms with Gasteiger partial charge in [-0.1, -0.05) is 46.8 Å². The van der Waals surface area contributed by atoms with Crippen LogP contribution in [0.2, 0.25) is 0 Å². The Kier molecular flexibility index (Phi) is 7.40. The van der Waals surface area contributed by atoms with Crippen molar-refractivity contribution in [2.45, 2.75) is 65.3 Å². The summed E-state index contributed by atoms with van der Waals surface area (Å²) in [6.45, 7) is 12.9. The maximum Gasteiger partial charge on any atom is 0.221 e. The summed E-state index contributed by atoms with van der Waals surface area (Å²) in [7, 11) is 2.01. The highest BCUT2D eigenvalue weighted by Gasteiger charge is 2.25. The highest BCUT2D eigenvalue weighted by molar-refractivity contribution is 5.88. The molecule has 0 saturated carbocycles. The molecule has 30 heavy (non-hydrogen) atoms. The Labute approximate surface area is 179 Å². The van der Waals surface area contributed by atoms with Gasteiger partial charge in [-0.15, -0.1) is 0 Å². The molecule has 0 saturated heterocycles. The van der Waals surface area contributed by atoms with Gasteiger partial charge < -0.3 is 10.2 Å². The van der Waals surface area contributed by atoms with Gasteiger partial charge in [0.25, 0.3) is 0 Å². The van der Waals surface area contributed by atoms with Crippen LogP contribution in [-0.4, -0.2) is 24.4 Å². The molecule has 0 aliphatic carbocycles. The summed E-state index contributed by atoms with van der Waals surface area (Å²) >= 11 is 0. The molecule has 0 bridgehead atoms. The van der Waals surface area contributed by atoms with Crippen molar-refractivity contribution in [2.24, 2.45) is 0 Å². The Morgan fingerprint density at radius 3 is 2.17 bits per heavy atom. The van der Waals surface area contributed by atoms with Crippen molar-refractivity contribution in [2.75, 3.05) is 18.9 Å². The number of benzene rings is 2. The van der Waals surface area contributed by atoms with Gasteiger partial charge in [-0.2, -0.15) is 0 Å². The summed E-state index contributed by atoms with van der Waals surface area (Å²) in [5.74, 6) is -0.631. The SMILES string of the molecule is CC(=O)Nc1ccc(F)c(C(C)(C)CCN(C)Cc2ccc(F)c(C(C)(C)C)c2)c1. The van der Waals surface area contributed by atoms with Crippen molar-refractivity contribution < 1.29 is 13.6 Å². The number of hydrogen-bond donors (Lipinski definition) is 1. The number of hydrogen-bond acceptors (Lipinski definition) is 2. The zero-order valence-corrected chi connectivity index (χ0v) is 19.2. The summed E-state index contributed by atoms with van der Waals surface area (Å²) in [6, 6.07) is 9.99. The zero-order valence-electron chi connectivity index (χ0n) is 19.2. The van der Waals surface area contributed by atoms with Crippen LogP contribution in [0, 0.1) is 11.6 Å². The first-order valence-electron chi connectivity index (χ1n) is 10.3. The molecular weight excluding hydrogens is 382 g/mol. The number of halogens is 2. The van der Waals surface area contributed by atoms with Crippen LogP contribution in [-0.2, 0) is 22.2 Å². The summed E-state index contributed by atoms with van der Waals surface area (Å²) in [4.78, 5) is 13.5. The second-order valence-corrected chi connectivity index (χ2v) is 9.81. The van der Waals surface area contributed by atoms with Gasteiger partial charge in [0.15, 0.2) is 0 Å². The first-order valence-corrected chi connectivity index (χ1v) is 10.3. The Hall–Kier alpha value is -2.27. The molecule has 0 unspecified atom stereocenters. The highest BCUT2D eigenvalue weighted by atomic mass is 19.1. The van der Waals surface area contributed by atoms with E-state index in [-0.39, 0.29) is 23.0 Å². The van der Waals surface area contributed by atoms with Crippen LogP contribution in [0.4, 0.5) is 14.5 Å². The van der Waals surface area contributed by atoms with E-state index in [2.05, 4.69) is 10.2 Å². The molecule has 1 amide bonds. The molecule has 0 aliphatic heterocycles. The molecule has 0 aliphatic rings. The highest BCUT2D eigenvalue weighted by Crippen LogP contribution is 2.32. The molecule has 2 aromatic rings. The molecule has 2 rings (SSSR count). The van der Waals surface area contributed by atoms with E-state index in [1.807, 2.05) is 53.8 Å². The zero-order chi connectivity index (χ0) is 22.7. The van der Waals surface area contributed by atoms with E-state index in [1.165, 1.54) is 19.1 Å². The molecule has 1 N–H and O–H groups in total. The fourth-order valence-electron chi connectivity index (χ4n) is 3.57. The fourth-order valence-corrected chi connectivity index (χ4v) is 3.57. The molecule has 164 valence electrons. The largest absolute Gasteiger partial charge is 0.326 e. The maximum absolute atomic E-state index is 14.5. The van der Waals surface area contributed by atoms with Gasteiger partial charge in [0.05, 0.1) is 0 Å². The van der Waals surface area contributed by atoms with Crippen LogP contribution in [0.5, 0.6) is 0 Å². The minimum Gasteiger partial charge on any atom is -0.326 e. The Morgan fingerprint density at radius 1 is 0.967 bits per heavy atom. The van der Waals surface area contributed by atoms with Crippen LogP contribution in [0.25, 0.3) is 0 Å². The third kappa shape index (κ3) is 6.36. The molecule has 0 heterocycles. The molecule has 0 aromatic heterocycles. The number of amides is 1. The van der Waals surface area contributed by atoms with Crippen LogP contribution < -0.4 is 5.32 Å². The van der Waals surface area contributed by atoms with E-state index in [0.29, 0.717) is 23.4 Å². The maximum atomic E-state index is 14.5. The molecule has 5 heteroatoms. The number of rotatable bonds is 7. The minimum absolute atomic E-state index is 0.176. The number of anilines is 1. The third-order valence-electron chi connectivity index (χ3n) is 5.43. The lowest BCUT2D eigenvalue weighted by Gasteiger charge is -2.29. The fraction of sp³-hybridized carbons (Fsp3) is 0.480. The lowest BCUT2D eigenvalue weighted by atomic mass is 9.81. The number of carbonyl (C=O) groups is 1. The molecule has 0 atom stereocenters. The monoisotopic (exact) mass is 416 g/mol. The van der Waals surface area contributed by atoms with Crippen molar-refractivity contribution in [1.29, 1.82) is 0 Å². The van der Waals surface area contributed by atoms with Crippen molar-refractivity contribution in [1.82, 2.24) is 4.90 Å². The number of nitrogens with zero attached hydrogens (tertiary/aromatic N) is 1. The van der Waals surface area contributed by atoms with Gasteiger partial charge >= 0.3 is 0 Å². The molecule has 2 aromatic carbocycles. The molecule has 0 radical (unpaired) electrons. The standard InChI is InChI=1S/C25H34F2N2O/c1-17(30)28-19-9-11-23(27)21(15-19)25(5,6)12-13-29(7)16-18-8-10-22(26)20(14-18)24(2,3)4/h8-11,14-15H,12-13,16H2,1-7H3,(H,28,30). The van der Waals surface area contributed by atoms with E-state index >= 15 is 0 Å². The van der Waals surface area contributed by atoms with Gasteiger partial charge in [-0.3, -0.25) is 4.79 Å². The summed E-state index contributed by atoms with van der Waals surface area (Å²) < 4.78 is 28.7. The smallest absolute Gasteiger partial charge is 0.221 e. The molecule has 3 nitrogen and oxygen atoms in total. The number of nitrogens with one attached hydrogen (secondary N) is 1. The third-order valence-corrected chi connectivity index (χ3v) is 5.43. The predicted molar refractivity (Wildman–Crippen MR) is 120 cm³/mol. The van der Waals surface area contributed by atoms with Crippen molar-refractivity contribution in [3.8, 4) is 0 Å². The molecule has 0 spiro atoms. The molecule has 0 fully saturated rings. The Balaban J connectivity index is 2.08. The average Bonchev–Trinajstić information content (AvgIpc) is 2.62. The second kappa shape index (κ2) is 9.25. The first-order chi connectivity index (χ1) is 13.8. The average molecular weight is 417 g/mol. The lowest BCUT2D eigenvalue weighted by Crippen LogP contribution is -2.28. The van der Waals surface area contributed by atoms with Gasteiger partial charge in [-0.25, -0.2) is 8.78 Å². The Morgan fingerprint density at radius 2 is 1.57 bits per heavy atom. The van der Waals surface area contributed by atoms with Crippen LogP contribution in [0.15, 0.2) is 36.4 Å². The van der Waals surface area contributed by atoms with E-state index in [1.54, 1.807) is 12.1 Å². The minimum atomic E-state index is -0.411. The number of carbonyl (C=O) groups excluding carboxylic acids is 1. The quantitative estimate of drug-likeness (QED) is 0.598. The van der Waals surface area contributed by atoms with E-state index < -0.39 is 5.41 Å². The summed E-state index contributed by atoms with van der Waals surface area (Å²) in [6.07, 6.45) is 0.733. The lowest BCUT2D eigenvalue weighted by molar-refractivity contribution is -0.114. The predicted octanol–water partition coefficient (Wildman–Crippen LogP) is 6.02. The Bertz CT molecular complexity index is 901. The topological polar surface area (TPSA) is 32.3 Å². The van der Waals surface area contributed by atoms with Gasteiger partial charge in [0.2, 0.25) is 5.91 Å². The van der Waals surface area contributed by atoms with E-state index in [0.717, 1.165) is 18.5 Å². The van der Waals surface area contributed by atoms with Crippen LogP contribution >= 0.6 is 0 Å². The molecular formula is C25H34F2N2O. The van der Waals surface area contributed by atoms with Gasteiger partial charge in [0, 0.05) is 19.2 Å². The van der Waals surface area contributed by atoms with Crippen LogP contribution in [0.1, 0.15) is 64.7 Å². The van der Waals surface area contributed by atoms with Crippen molar-refractivity contribution in [3.63, 3.8) is 0 Å². The van der Waals surface area contributed by atoms with Gasteiger partial charge in [0.1, 0.15) is 11.6 Å². The van der Waals surface area contributed by atoms with Crippen molar-refractivity contribution in [3.05, 3.63) is 64.7 Å². The summed E-state index contributed by atoms with van der Waals surface area (Å²) in [5, 5.41) is 2.72. The van der Waals surface area contributed by atoms with Gasteiger partial charge in [-0.05, 0) is 71.8 Å². The van der Waals surface area contributed by atoms with Crippen molar-refractivity contribution >= 4 is 11.6 Å². The van der Waals surface area contributed by atoms with E-state index in [9.17, 15) is 13.6 Å². The van der Waals surface area contributed by atoms with E-state index in [4.69, 9.17) is 0 Å². The first kappa shape index (κ1) is 24.0. The second-order valence-electron chi connectivity index (χ2n) is 9.81. The van der Waals surface area contributed by atoms with Crippen LogP contribution in [0.3, 0.4) is 0 Å². The summed E-state index contributed by atoms with van der Waals surface area (Å²) in [5.41, 5.74) is 2.29. The normalized spacial score (nSPS) is 12.3.